The van der Waals surface area contributed by atoms with E-state index >= 15 is 0 Å². The van der Waals surface area contributed by atoms with E-state index in [1.807, 2.05) is 0 Å². The van der Waals surface area contributed by atoms with Gasteiger partial charge in [0.05, 0.1) is 0 Å². The maximum atomic E-state index is 11.9. The zero-order valence-electron chi connectivity index (χ0n) is 7.85. The number of rotatable bonds is 2. The summed E-state index contributed by atoms with van der Waals surface area (Å²) in [5.41, 5.74) is 5.56. The van der Waals surface area contributed by atoms with Crippen LogP contribution < -0.4 is 57.1 Å². The van der Waals surface area contributed by atoms with E-state index in [4.69, 9.17) is 5.73 Å². The molecule has 0 radical (unpaired) electrons. The van der Waals surface area contributed by atoms with Gasteiger partial charge in [0.25, 0.3) is 0 Å². The van der Waals surface area contributed by atoms with Gasteiger partial charge in [-0.15, -0.1) is 0 Å². The van der Waals surface area contributed by atoms with Gasteiger partial charge in [-0.25, -0.2) is 0 Å². The van der Waals surface area contributed by atoms with E-state index in [0.29, 0.717) is 25.9 Å². The van der Waals surface area contributed by atoms with Gasteiger partial charge in [-0.2, -0.15) is 0 Å². The number of hydrogen-bond donors (Lipinski definition) is 1. The minimum absolute atomic E-state index is 0. The average Bonchev–Trinajstić information content (AvgIpc) is 1.91. The Labute approximate surface area is 119 Å². The fourth-order valence-electron chi connectivity index (χ4n) is 1.43. The Morgan fingerprint density at radius 3 is 2.08 bits per heavy atom. The van der Waals surface area contributed by atoms with Gasteiger partial charge in [0.1, 0.15) is 0 Å². The number of piperidine rings is 1. The molecule has 2 nitrogen and oxygen atoms in total. The molecule has 72 valence electrons. The Balaban J connectivity index is 0.00000144. The van der Waals surface area contributed by atoms with Crippen molar-refractivity contribution in [3.63, 3.8) is 0 Å². The van der Waals surface area contributed by atoms with Crippen LogP contribution in [0.3, 0.4) is 0 Å². The monoisotopic (exact) mass is 220 g/mol. The molecule has 0 saturated carbocycles. The van der Waals surface area contributed by atoms with Crippen LogP contribution in [0.15, 0.2) is 0 Å². The van der Waals surface area contributed by atoms with Crippen LogP contribution in [-0.4, -0.2) is 37.5 Å². The number of halogens is 3. The van der Waals surface area contributed by atoms with Crippen molar-refractivity contribution in [1.29, 1.82) is 0 Å². The summed E-state index contributed by atoms with van der Waals surface area (Å²) in [5.74, 6) is 0. The molecule has 0 bridgehead atoms. The first-order valence-electron chi connectivity index (χ1n) is 4.16. The van der Waals surface area contributed by atoms with Gasteiger partial charge in [-0.3, -0.25) is 0 Å². The van der Waals surface area contributed by atoms with Crippen molar-refractivity contribution in [3.05, 3.63) is 0 Å². The number of hydrogen-bond acceptors (Lipinski definition) is 2. The van der Waals surface area contributed by atoms with E-state index in [0.717, 1.165) is 0 Å². The molecule has 0 aromatic carbocycles. The zero-order chi connectivity index (χ0) is 9.19. The quantitative estimate of drug-likeness (QED) is 0.535. The number of likely N-dealkylation sites (tertiary alicyclic amines) is 1. The molecule has 0 atom stereocenters. The molecular weight excluding hydrogens is 207 g/mol. The average molecular weight is 220 g/mol. The summed E-state index contributed by atoms with van der Waals surface area (Å²) < 4.78 is 35.8. The first-order valence-corrected chi connectivity index (χ1v) is 4.16. The third kappa shape index (κ3) is 6.48. The summed E-state index contributed by atoms with van der Waals surface area (Å²) in [7, 11) is 0. The summed E-state index contributed by atoms with van der Waals surface area (Å²) in [6, 6.07) is 0.0991. The largest absolute Gasteiger partial charge is 1.00 e. The topological polar surface area (TPSA) is 29.3 Å². The molecule has 0 aliphatic carbocycles. The van der Waals surface area contributed by atoms with Crippen molar-refractivity contribution in [2.45, 2.75) is 18.9 Å². The maximum Gasteiger partial charge on any atom is 1.00 e. The standard InChI is InChI=1S/C6H13BF3N2.K/c8-7(9,10)5-12-3-1-6(11)2-4-12;/h6H,1-5,11H2;/q-1;+1. The van der Waals surface area contributed by atoms with E-state index in [-0.39, 0.29) is 57.4 Å². The van der Waals surface area contributed by atoms with Crippen LogP contribution in [-0.2, 0) is 0 Å². The van der Waals surface area contributed by atoms with Crippen LogP contribution in [0.1, 0.15) is 12.8 Å². The summed E-state index contributed by atoms with van der Waals surface area (Å²) >= 11 is 0. The van der Waals surface area contributed by atoms with Crippen LogP contribution in [0.5, 0.6) is 0 Å². The van der Waals surface area contributed by atoms with Gasteiger partial charge in [-0.1, -0.05) is 0 Å². The van der Waals surface area contributed by atoms with E-state index in [1.165, 1.54) is 4.90 Å². The zero-order valence-corrected chi connectivity index (χ0v) is 11.0. The van der Waals surface area contributed by atoms with Crippen molar-refractivity contribution >= 4 is 6.98 Å². The fraction of sp³-hybridized carbons (Fsp3) is 1.00. The van der Waals surface area contributed by atoms with Crippen LogP contribution in [0.2, 0.25) is 0 Å². The van der Waals surface area contributed by atoms with E-state index in [1.54, 1.807) is 0 Å². The van der Waals surface area contributed by atoms with Crippen LogP contribution in [0.25, 0.3) is 0 Å². The predicted octanol–water partition coefficient (Wildman–Crippen LogP) is -2.20. The van der Waals surface area contributed by atoms with Crippen molar-refractivity contribution in [3.8, 4) is 0 Å². The molecule has 2 N–H and O–H groups in total. The van der Waals surface area contributed by atoms with E-state index in [9.17, 15) is 12.9 Å². The second kappa shape index (κ2) is 6.09. The summed E-state index contributed by atoms with van der Waals surface area (Å²) in [4.78, 5) is 1.43. The second-order valence-corrected chi connectivity index (χ2v) is 3.35. The summed E-state index contributed by atoms with van der Waals surface area (Å²) in [6.45, 7) is -3.68. The van der Waals surface area contributed by atoms with Crippen molar-refractivity contribution in [2.24, 2.45) is 5.73 Å². The van der Waals surface area contributed by atoms with Crippen LogP contribution >= 0.6 is 0 Å². The Kier molecular flexibility index (Phi) is 6.76. The predicted molar refractivity (Wildman–Crippen MR) is 42.7 cm³/mol. The number of nitrogens with zero attached hydrogens (tertiary/aromatic N) is 1. The minimum Gasteiger partial charge on any atom is -0.448 e. The minimum atomic E-state index is -4.66. The third-order valence-electron chi connectivity index (χ3n) is 2.10. The molecular formula is C6H13BF3KN2. The molecule has 0 aromatic rings. The van der Waals surface area contributed by atoms with Gasteiger partial charge in [0.2, 0.25) is 0 Å². The van der Waals surface area contributed by atoms with Crippen LogP contribution in [0.4, 0.5) is 12.9 Å². The molecule has 1 rings (SSSR count). The first-order chi connectivity index (χ1) is 5.47. The Bertz CT molecular complexity index is 147. The van der Waals surface area contributed by atoms with Gasteiger partial charge in [-0.05, 0) is 32.4 Å². The van der Waals surface area contributed by atoms with E-state index < -0.39 is 13.4 Å². The van der Waals surface area contributed by atoms with E-state index in [2.05, 4.69) is 0 Å². The van der Waals surface area contributed by atoms with Gasteiger partial charge in [0.15, 0.2) is 0 Å². The molecule has 1 aliphatic rings. The molecule has 1 saturated heterocycles. The molecule has 7 heteroatoms. The molecule has 1 heterocycles. The normalized spacial score (nSPS) is 21.2. The Morgan fingerprint density at radius 2 is 1.69 bits per heavy atom. The number of nitrogens with two attached hydrogens (primary N) is 1. The molecule has 1 aliphatic heterocycles. The molecule has 0 aromatic heterocycles. The van der Waals surface area contributed by atoms with Crippen molar-refractivity contribution in [2.75, 3.05) is 19.5 Å². The SMILES string of the molecule is NC1CCN(C[B-](F)(F)F)CC1.[K+]. The second-order valence-electron chi connectivity index (χ2n) is 3.35. The van der Waals surface area contributed by atoms with Crippen molar-refractivity contribution in [1.82, 2.24) is 4.90 Å². The van der Waals surface area contributed by atoms with Gasteiger partial charge < -0.3 is 23.6 Å². The summed E-state index contributed by atoms with van der Waals surface area (Å²) in [6.07, 6.45) is 0.644. The molecule has 0 amide bonds. The molecule has 13 heavy (non-hydrogen) atoms. The van der Waals surface area contributed by atoms with Crippen LogP contribution in [0, 0.1) is 0 Å². The molecule has 0 unspecified atom stereocenters. The Morgan fingerprint density at radius 1 is 1.23 bits per heavy atom. The first kappa shape index (κ1) is 14.4. The molecule has 1 fully saturated rings. The van der Waals surface area contributed by atoms with Gasteiger partial charge in [0, 0.05) is 6.04 Å². The fourth-order valence-corrected chi connectivity index (χ4v) is 1.43. The maximum absolute atomic E-state index is 11.9. The summed E-state index contributed by atoms with van der Waals surface area (Å²) in [5, 5.41) is 0. The smallest absolute Gasteiger partial charge is 0.448 e. The van der Waals surface area contributed by atoms with Crippen molar-refractivity contribution < 1.29 is 64.3 Å². The third-order valence-corrected chi connectivity index (χ3v) is 2.10. The molecule has 0 spiro atoms. The Hall–Kier alpha value is 1.41. The van der Waals surface area contributed by atoms with Gasteiger partial charge >= 0.3 is 58.4 Å².